The van der Waals surface area contributed by atoms with Crippen molar-refractivity contribution in [2.75, 3.05) is 18.5 Å². The molecule has 0 amide bonds. The number of rotatable bonds is 3. The van der Waals surface area contributed by atoms with Crippen LogP contribution in [-0.2, 0) is 6.54 Å². The van der Waals surface area contributed by atoms with Crippen LogP contribution in [0, 0.1) is 0 Å². The largest absolute Gasteiger partial charge is 0.486 e. The first-order chi connectivity index (χ1) is 8.83. The number of fused-ring (bicyclic) bond motifs is 1. The predicted molar refractivity (Wildman–Crippen MR) is 74.1 cm³/mol. The molecule has 18 heavy (non-hydrogen) atoms. The molecule has 2 heterocycles. The summed E-state index contributed by atoms with van der Waals surface area (Å²) in [6.45, 7) is 1.91. The molecule has 1 aliphatic heterocycles. The summed E-state index contributed by atoms with van der Waals surface area (Å²) in [6.07, 6.45) is 0. The zero-order chi connectivity index (χ0) is 12.4. The van der Waals surface area contributed by atoms with E-state index in [1.807, 2.05) is 6.07 Å². The van der Waals surface area contributed by atoms with Gasteiger partial charge < -0.3 is 14.8 Å². The van der Waals surface area contributed by atoms with Gasteiger partial charge in [0.2, 0.25) is 0 Å². The molecule has 0 atom stereocenters. The minimum atomic E-state index is 0.574. The van der Waals surface area contributed by atoms with Gasteiger partial charge in [-0.1, -0.05) is 11.6 Å². The highest BCUT2D eigenvalue weighted by Crippen LogP contribution is 2.38. The molecule has 0 saturated carbocycles. The smallest absolute Gasteiger partial charge is 0.163 e. The van der Waals surface area contributed by atoms with E-state index >= 15 is 0 Å². The first kappa shape index (κ1) is 11.7. The Bertz CT molecular complexity index is 542. The van der Waals surface area contributed by atoms with Crippen LogP contribution in [0.3, 0.4) is 0 Å². The molecule has 0 aliphatic carbocycles. The molecule has 1 aromatic heterocycles. The monoisotopic (exact) mass is 281 g/mol. The second-order valence-corrected chi connectivity index (χ2v) is 5.15. The number of ether oxygens (including phenoxy) is 2. The maximum absolute atomic E-state index is 6.21. The summed E-state index contributed by atoms with van der Waals surface area (Å²) < 4.78 is 11.0. The van der Waals surface area contributed by atoms with Gasteiger partial charge in [-0.3, -0.25) is 0 Å². The minimum Gasteiger partial charge on any atom is -0.486 e. The highest BCUT2D eigenvalue weighted by Gasteiger charge is 2.14. The lowest BCUT2D eigenvalue weighted by Crippen LogP contribution is -2.15. The summed E-state index contributed by atoms with van der Waals surface area (Å²) in [5.74, 6) is 1.46. The Kier molecular flexibility index (Phi) is 3.30. The van der Waals surface area contributed by atoms with E-state index < -0.39 is 0 Å². The number of hydrogen-bond donors (Lipinski definition) is 1. The van der Waals surface area contributed by atoms with Gasteiger partial charge in [0.05, 0.1) is 10.7 Å². The molecule has 2 aromatic rings. The lowest BCUT2D eigenvalue weighted by molar-refractivity contribution is 0.171. The fraction of sp³-hybridized carbons (Fsp3) is 0.231. The van der Waals surface area contributed by atoms with Crippen LogP contribution in [0.15, 0.2) is 29.0 Å². The van der Waals surface area contributed by atoms with E-state index in [1.165, 1.54) is 5.56 Å². The lowest BCUT2D eigenvalue weighted by Gasteiger charge is -2.20. The topological polar surface area (TPSA) is 30.5 Å². The van der Waals surface area contributed by atoms with Gasteiger partial charge in [0, 0.05) is 18.7 Å². The Hall–Kier alpha value is -1.39. The van der Waals surface area contributed by atoms with E-state index in [1.54, 1.807) is 17.4 Å². The molecule has 0 saturated heterocycles. The van der Waals surface area contributed by atoms with Crippen molar-refractivity contribution in [1.82, 2.24) is 0 Å². The number of thiophene rings is 1. The third kappa shape index (κ3) is 2.40. The van der Waals surface area contributed by atoms with Gasteiger partial charge in [0.1, 0.15) is 13.2 Å². The first-order valence-corrected chi connectivity index (χ1v) is 6.99. The summed E-state index contributed by atoms with van der Waals surface area (Å²) in [5.41, 5.74) is 2.11. The fourth-order valence-electron chi connectivity index (χ4n) is 1.79. The van der Waals surface area contributed by atoms with Gasteiger partial charge in [-0.25, -0.2) is 0 Å². The Labute approximate surface area is 114 Å². The van der Waals surface area contributed by atoms with Crippen LogP contribution in [0.1, 0.15) is 5.56 Å². The number of halogens is 1. The molecule has 3 nitrogen and oxygen atoms in total. The molecular formula is C13H12ClNO2S. The average Bonchev–Trinajstić information content (AvgIpc) is 2.89. The van der Waals surface area contributed by atoms with E-state index in [9.17, 15) is 0 Å². The minimum absolute atomic E-state index is 0.574. The quantitative estimate of drug-likeness (QED) is 0.929. The number of anilines is 1. The average molecular weight is 282 g/mol. The summed E-state index contributed by atoms with van der Waals surface area (Å²) in [7, 11) is 0. The van der Waals surface area contributed by atoms with Gasteiger partial charge in [-0.15, -0.1) is 0 Å². The van der Waals surface area contributed by atoms with Gasteiger partial charge >= 0.3 is 0 Å². The van der Waals surface area contributed by atoms with Gasteiger partial charge in [0.25, 0.3) is 0 Å². The van der Waals surface area contributed by atoms with Gasteiger partial charge in [-0.2, -0.15) is 11.3 Å². The second-order valence-electron chi connectivity index (χ2n) is 3.96. The molecule has 5 heteroatoms. The Morgan fingerprint density at radius 3 is 2.72 bits per heavy atom. The van der Waals surface area contributed by atoms with Crippen molar-refractivity contribution in [3.63, 3.8) is 0 Å². The third-order valence-electron chi connectivity index (χ3n) is 2.69. The van der Waals surface area contributed by atoms with Crippen molar-refractivity contribution in [3.8, 4) is 11.5 Å². The molecule has 0 fully saturated rings. The van der Waals surface area contributed by atoms with E-state index in [0.717, 1.165) is 18.0 Å². The van der Waals surface area contributed by atoms with Crippen LogP contribution in [0.25, 0.3) is 0 Å². The maximum Gasteiger partial charge on any atom is 0.163 e. The Morgan fingerprint density at radius 2 is 2.00 bits per heavy atom. The van der Waals surface area contributed by atoms with Crippen molar-refractivity contribution in [2.45, 2.75) is 6.54 Å². The van der Waals surface area contributed by atoms with Crippen LogP contribution >= 0.6 is 22.9 Å². The normalized spacial score (nSPS) is 13.4. The van der Waals surface area contributed by atoms with E-state index in [0.29, 0.717) is 24.0 Å². The number of benzene rings is 1. The van der Waals surface area contributed by atoms with Crippen LogP contribution in [0.4, 0.5) is 5.69 Å². The molecule has 3 rings (SSSR count). The van der Waals surface area contributed by atoms with Crippen LogP contribution in [0.2, 0.25) is 5.02 Å². The van der Waals surface area contributed by atoms with Crippen molar-refractivity contribution in [2.24, 2.45) is 0 Å². The lowest BCUT2D eigenvalue weighted by atomic mass is 10.2. The Morgan fingerprint density at radius 1 is 1.22 bits per heavy atom. The second kappa shape index (κ2) is 5.08. The molecule has 94 valence electrons. The van der Waals surface area contributed by atoms with Crippen LogP contribution in [0.5, 0.6) is 11.5 Å². The summed E-state index contributed by atoms with van der Waals surface area (Å²) >= 11 is 7.89. The third-order valence-corrected chi connectivity index (χ3v) is 3.74. The van der Waals surface area contributed by atoms with Gasteiger partial charge in [-0.05, 0) is 22.4 Å². The van der Waals surface area contributed by atoms with Gasteiger partial charge in [0.15, 0.2) is 11.5 Å². The van der Waals surface area contributed by atoms with Crippen molar-refractivity contribution >= 4 is 28.6 Å². The molecule has 0 bridgehead atoms. The molecule has 1 aliphatic rings. The zero-order valence-corrected chi connectivity index (χ0v) is 11.2. The van der Waals surface area contributed by atoms with E-state index in [-0.39, 0.29) is 0 Å². The summed E-state index contributed by atoms with van der Waals surface area (Å²) in [6, 6.07) is 5.78. The fourth-order valence-corrected chi connectivity index (χ4v) is 2.68. The summed E-state index contributed by atoms with van der Waals surface area (Å²) in [4.78, 5) is 0. The molecule has 0 unspecified atom stereocenters. The van der Waals surface area contributed by atoms with Crippen LogP contribution < -0.4 is 14.8 Å². The molecule has 0 spiro atoms. The molecule has 0 radical (unpaired) electrons. The van der Waals surface area contributed by atoms with Crippen LogP contribution in [-0.4, -0.2) is 13.2 Å². The number of nitrogens with one attached hydrogen (secondary N) is 1. The first-order valence-electron chi connectivity index (χ1n) is 5.67. The summed E-state index contributed by atoms with van der Waals surface area (Å²) in [5, 5.41) is 8.12. The molecule has 1 N–H and O–H groups in total. The van der Waals surface area contributed by atoms with E-state index in [2.05, 4.69) is 22.1 Å². The molecule has 1 aromatic carbocycles. The SMILES string of the molecule is Clc1cc2c(cc1NCc1ccsc1)OCCO2. The van der Waals surface area contributed by atoms with Crippen molar-refractivity contribution in [1.29, 1.82) is 0 Å². The predicted octanol–water partition coefficient (Wildman–Crippen LogP) is 3.78. The van der Waals surface area contributed by atoms with E-state index in [4.69, 9.17) is 21.1 Å². The number of hydrogen-bond acceptors (Lipinski definition) is 4. The van der Waals surface area contributed by atoms with Crippen molar-refractivity contribution in [3.05, 3.63) is 39.5 Å². The molecular weight excluding hydrogens is 270 g/mol. The standard InChI is InChI=1S/C13H12ClNO2S/c14-10-5-12-13(17-3-2-16-12)6-11(10)15-7-9-1-4-18-8-9/h1,4-6,8,15H,2-3,7H2. The highest BCUT2D eigenvalue weighted by atomic mass is 35.5. The highest BCUT2D eigenvalue weighted by molar-refractivity contribution is 7.07. The van der Waals surface area contributed by atoms with Crippen molar-refractivity contribution < 1.29 is 9.47 Å². The maximum atomic E-state index is 6.21. The zero-order valence-electron chi connectivity index (χ0n) is 9.61. The Balaban J connectivity index is 1.79.